The van der Waals surface area contributed by atoms with Gasteiger partial charge in [-0.15, -0.1) is 0 Å². The van der Waals surface area contributed by atoms with Crippen LogP contribution >= 0.6 is 0 Å². The number of piperidine rings is 1. The van der Waals surface area contributed by atoms with Gasteiger partial charge in [0, 0.05) is 11.4 Å². The number of carbonyl (C=O) groups is 1. The zero-order valence-corrected chi connectivity index (χ0v) is 11.9. The van der Waals surface area contributed by atoms with Crippen molar-refractivity contribution in [2.75, 3.05) is 20.1 Å². The molecule has 1 amide bonds. The van der Waals surface area contributed by atoms with Crippen LogP contribution in [-0.2, 0) is 0 Å². The summed E-state index contributed by atoms with van der Waals surface area (Å²) >= 11 is 0. The lowest BCUT2D eigenvalue weighted by Gasteiger charge is -2.29. The van der Waals surface area contributed by atoms with Crippen LogP contribution < -0.4 is 10.9 Å². The molecule has 6 heteroatoms. The quantitative estimate of drug-likeness (QED) is 0.854. The van der Waals surface area contributed by atoms with Gasteiger partial charge in [-0.25, -0.2) is 5.10 Å². The Morgan fingerprint density at radius 1 is 1.29 bits per heavy atom. The summed E-state index contributed by atoms with van der Waals surface area (Å²) in [5.41, 5.74) is 0.00516. The molecule has 2 aromatic rings. The van der Waals surface area contributed by atoms with Crippen LogP contribution in [0.2, 0.25) is 0 Å². The van der Waals surface area contributed by atoms with E-state index in [-0.39, 0.29) is 23.2 Å². The molecular formula is C15H18N4O2. The Morgan fingerprint density at radius 2 is 1.95 bits per heavy atom. The molecule has 0 saturated carbocycles. The Morgan fingerprint density at radius 3 is 2.67 bits per heavy atom. The second kappa shape index (κ2) is 5.65. The first-order valence-corrected chi connectivity index (χ1v) is 7.12. The van der Waals surface area contributed by atoms with Crippen LogP contribution in [0.4, 0.5) is 0 Å². The highest BCUT2D eigenvalue weighted by Gasteiger charge is 2.21. The Labute approximate surface area is 122 Å². The molecular weight excluding hydrogens is 268 g/mol. The third kappa shape index (κ3) is 2.80. The van der Waals surface area contributed by atoms with E-state index in [4.69, 9.17) is 0 Å². The van der Waals surface area contributed by atoms with E-state index in [2.05, 4.69) is 27.5 Å². The third-order valence-corrected chi connectivity index (χ3v) is 3.96. The fourth-order valence-corrected chi connectivity index (χ4v) is 2.69. The summed E-state index contributed by atoms with van der Waals surface area (Å²) in [7, 11) is 2.08. The third-order valence-electron chi connectivity index (χ3n) is 3.96. The molecule has 21 heavy (non-hydrogen) atoms. The van der Waals surface area contributed by atoms with Gasteiger partial charge in [-0.05, 0) is 39.0 Å². The number of hydrogen-bond donors (Lipinski definition) is 2. The molecule has 1 aliphatic rings. The predicted molar refractivity (Wildman–Crippen MR) is 80.3 cm³/mol. The van der Waals surface area contributed by atoms with Gasteiger partial charge < -0.3 is 10.2 Å². The van der Waals surface area contributed by atoms with Crippen molar-refractivity contribution in [3.63, 3.8) is 0 Å². The van der Waals surface area contributed by atoms with E-state index in [1.165, 1.54) is 0 Å². The fraction of sp³-hybridized carbons (Fsp3) is 0.400. The summed E-state index contributed by atoms with van der Waals surface area (Å²) in [5, 5.41) is 10.4. The summed E-state index contributed by atoms with van der Waals surface area (Å²) < 4.78 is 0. The first-order valence-electron chi connectivity index (χ1n) is 7.12. The molecule has 0 aliphatic carbocycles. The summed E-state index contributed by atoms with van der Waals surface area (Å²) in [6.07, 6.45) is 1.87. The lowest BCUT2D eigenvalue weighted by Crippen LogP contribution is -2.43. The smallest absolute Gasteiger partial charge is 0.272 e. The van der Waals surface area contributed by atoms with E-state index in [1.807, 2.05) is 0 Å². The number of benzene rings is 1. The van der Waals surface area contributed by atoms with Crippen LogP contribution in [0.3, 0.4) is 0 Å². The largest absolute Gasteiger partial charge is 0.348 e. The van der Waals surface area contributed by atoms with Crippen molar-refractivity contribution in [3.8, 4) is 0 Å². The maximum Gasteiger partial charge on any atom is 0.272 e. The van der Waals surface area contributed by atoms with E-state index in [0.717, 1.165) is 25.9 Å². The van der Waals surface area contributed by atoms with Gasteiger partial charge in [0.2, 0.25) is 0 Å². The molecule has 2 heterocycles. The molecule has 110 valence electrons. The number of amides is 1. The van der Waals surface area contributed by atoms with Crippen molar-refractivity contribution in [1.29, 1.82) is 0 Å². The summed E-state index contributed by atoms with van der Waals surface area (Å²) in [5.74, 6) is -0.225. The number of aromatic amines is 1. The van der Waals surface area contributed by atoms with Gasteiger partial charge in [0.15, 0.2) is 5.69 Å². The minimum atomic E-state index is -0.276. The molecule has 1 aliphatic heterocycles. The van der Waals surface area contributed by atoms with Crippen LogP contribution in [0, 0.1) is 0 Å². The van der Waals surface area contributed by atoms with Gasteiger partial charge in [-0.3, -0.25) is 9.59 Å². The van der Waals surface area contributed by atoms with Crippen LogP contribution in [0.25, 0.3) is 10.8 Å². The van der Waals surface area contributed by atoms with Crippen molar-refractivity contribution in [3.05, 3.63) is 40.3 Å². The molecule has 1 saturated heterocycles. The SMILES string of the molecule is CN1CCC(NC(=O)c2n[nH]c(=O)c3ccccc23)CC1. The first kappa shape index (κ1) is 13.8. The van der Waals surface area contributed by atoms with Crippen LogP contribution in [-0.4, -0.2) is 47.2 Å². The normalized spacial score (nSPS) is 17.0. The molecule has 0 unspecified atom stereocenters. The highest BCUT2D eigenvalue weighted by molar-refractivity contribution is 6.04. The monoisotopic (exact) mass is 286 g/mol. The summed E-state index contributed by atoms with van der Waals surface area (Å²) in [4.78, 5) is 26.4. The van der Waals surface area contributed by atoms with Crippen LogP contribution in [0.15, 0.2) is 29.1 Å². The highest BCUT2D eigenvalue weighted by Crippen LogP contribution is 2.14. The predicted octanol–water partition coefficient (Wildman–Crippen LogP) is 0.747. The Bertz CT molecular complexity index is 717. The van der Waals surface area contributed by atoms with Gasteiger partial charge in [0.1, 0.15) is 0 Å². The average molecular weight is 286 g/mol. The zero-order chi connectivity index (χ0) is 14.8. The second-order valence-corrected chi connectivity index (χ2v) is 5.50. The number of hydrogen-bond acceptors (Lipinski definition) is 4. The molecule has 0 radical (unpaired) electrons. The van der Waals surface area contributed by atoms with Crippen molar-refractivity contribution < 1.29 is 4.79 Å². The lowest BCUT2D eigenvalue weighted by atomic mass is 10.0. The van der Waals surface area contributed by atoms with Gasteiger partial charge in [0.05, 0.1) is 5.39 Å². The summed E-state index contributed by atoms with van der Waals surface area (Å²) in [6.45, 7) is 1.95. The van der Waals surface area contributed by atoms with E-state index in [0.29, 0.717) is 10.8 Å². The number of fused-ring (bicyclic) bond motifs is 1. The fourth-order valence-electron chi connectivity index (χ4n) is 2.69. The van der Waals surface area contributed by atoms with E-state index < -0.39 is 0 Å². The summed E-state index contributed by atoms with van der Waals surface area (Å²) in [6, 6.07) is 7.19. The number of nitrogens with one attached hydrogen (secondary N) is 2. The topological polar surface area (TPSA) is 78.1 Å². The van der Waals surface area contributed by atoms with Gasteiger partial charge in [0.25, 0.3) is 11.5 Å². The number of aromatic nitrogens is 2. The molecule has 0 bridgehead atoms. The van der Waals surface area contributed by atoms with Gasteiger partial charge in [-0.1, -0.05) is 18.2 Å². The standard InChI is InChI=1S/C15H18N4O2/c1-19-8-6-10(7-9-19)16-15(21)13-11-4-2-3-5-12(11)14(20)18-17-13/h2-5,10H,6-9H2,1H3,(H,16,21)(H,18,20). The Hall–Kier alpha value is -2.21. The van der Waals surface area contributed by atoms with Gasteiger partial charge in [-0.2, -0.15) is 5.10 Å². The van der Waals surface area contributed by atoms with E-state index in [9.17, 15) is 9.59 Å². The number of carbonyl (C=O) groups excluding carboxylic acids is 1. The lowest BCUT2D eigenvalue weighted by molar-refractivity contribution is 0.0912. The van der Waals surface area contributed by atoms with Gasteiger partial charge >= 0.3 is 0 Å². The number of rotatable bonds is 2. The Balaban J connectivity index is 1.85. The molecule has 1 aromatic carbocycles. The number of nitrogens with zero attached hydrogens (tertiary/aromatic N) is 2. The van der Waals surface area contributed by atoms with E-state index in [1.54, 1.807) is 24.3 Å². The molecule has 0 atom stereocenters. The van der Waals surface area contributed by atoms with Crippen molar-refractivity contribution in [2.45, 2.75) is 18.9 Å². The second-order valence-electron chi connectivity index (χ2n) is 5.50. The molecule has 0 spiro atoms. The van der Waals surface area contributed by atoms with Crippen molar-refractivity contribution in [2.24, 2.45) is 0 Å². The molecule has 3 rings (SSSR count). The van der Waals surface area contributed by atoms with Crippen LogP contribution in [0.1, 0.15) is 23.3 Å². The van der Waals surface area contributed by atoms with Crippen molar-refractivity contribution >= 4 is 16.7 Å². The maximum absolute atomic E-state index is 12.4. The minimum Gasteiger partial charge on any atom is -0.348 e. The Kier molecular flexibility index (Phi) is 3.70. The maximum atomic E-state index is 12.4. The first-order chi connectivity index (χ1) is 10.1. The number of H-pyrrole nitrogens is 1. The van der Waals surface area contributed by atoms with Crippen molar-refractivity contribution in [1.82, 2.24) is 20.4 Å². The number of likely N-dealkylation sites (tertiary alicyclic amines) is 1. The molecule has 1 fully saturated rings. The average Bonchev–Trinajstić information content (AvgIpc) is 2.50. The molecule has 6 nitrogen and oxygen atoms in total. The minimum absolute atomic E-state index is 0.168. The van der Waals surface area contributed by atoms with Crippen LogP contribution in [0.5, 0.6) is 0 Å². The zero-order valence-electron chi connectivity index (χ0n) is 11.9. The molecule has 2 N–H and O–H groups in total. The van der Waals surface area contributed by atoms with E-state index >= 15 is 0 Å². The highest BCUT2D eigenvalue weighted by atomic mass is 16.2. The molecule has 1 aromatic heterocycles.